The van der Waals surface area contributed by atoms with Crippen LogP contribution in [0.2, 0.25) is 0 Å². The molecule has 3 N–H and O–H groups in total. The van der Waals surface area contributed by atoms with E-state index in [1.54, 1.807) is 0 Å². The molecule has 0 spiro atoms. The quantitative estimate of drug-likeness (QED) is 0.679. The zero-order chi connectivity index (χ0) is 11.3. The molecule has 1 saturated carbocycles. The number of carbonyl (C=O) groups is 1. The van der Waals surface area contributed by atoms with Crippen LogP contribution < -0.4 is 11.1 Å². The van der Waals surface area contributed by atoms with Crippen molar-refractivity contribution in [3.8, 4) is 0 Å². The van der Waals surface area contributed by atoms with Gasteiger partial charge < -0.3 is 15.8 Å². The monoisotopic (exact) mass is 214 g/mol. The maximum absolute atomic E-state index is 11.4. The first-order valence-corrected chi connectivity index (χ1v) is 5.81. The van der Waals surface area contributed by atoms with Crippen molar-refractivity contribution in [3.05, 3.63) is 0 Å². The summed E-state index contributed by atoms with van der Waals surface area (Å²) >= 11 is 0. The summed E-state index contributed by atoms with van der Waals surface area (Å²) in [6.07, 6.45) is 4.32. The Bertz CT molecular complexity index is 209. The maximum Gasteiger partial charge on any atom is 0.322 e. The molecule has 3 atom stereocenters. The van der Waals surface area contributed by atoms with Gasteiger partial charge in [-0.15, -0.1) is 0 Å². The Morgan fingerprint density at radius 1 is 1.60 bits per heavy atom. The lowest BCUT2D eigenvalue weighted by molar-refractivity contribution is -0.145. The molecular formula is C11H22N2O2. The molecule has 4 heteroatoms. The summed E-state index contributed by atoms with van der Waals surface area (Å²) in [4.78, 5) is 11.4. The Balaban J connectivity index is 2.30. The van der Waals surface area contributed by atoms with Crippen LogP contribution in [0.1, 0.15) is 39.5 Å². The normalized spacial score (nSPS) is 28.5. The zero-order valence-electron chi connectivity index (χ0n) is 9.66. The Morgan fingerprint density at radius 3 is 2.93 bits per heavy atom. The molecule has 88 valence electrons. The van der Waals surface area contributed by atoms with Gasteiger partial charge in [-0.2, -0.15) is 0 Å². The van der Waals surface area contributed by atoms with Crippen molar-refractivity contribution in [3.63, 3.8) is 0 Å². The summed E-state index contributed by atoms with van der Waals surface area (Å²) in [5.74, 6) is -0.170. The Kier molecular flexibility index (Phi) is 5.05. The molecule has 1 aliphatic rings. The lowest BCUT2D eigenvalue weighted by atomic mass is 9.91. The van der Waals surface area contributed by atoms with Crippen molar-refractivity contribution >= 4 is 5.97 Å². The molecule has 0 aromatic heterocycles. The first-order valence-electron chi connectivity index (χ1n) is 5.81. The summed E-state index contributed by atoms with van der Waals surface area (Å²) in [6, 6.07) is 0.430. The van der Waals surface area contributed by atoms with Crippen molar-refractivity contribution < 1.29 is 9.53 Å². The minimum atomic E-state index is -0.222. The van der Waals surface area contributed by atoms with Crippen LogP contribution in [0.15, 0.2) is 0 Å². The molecule has 0 saturated heterocycles. The fraction of sp³-hybridized carbons (Fsp3) is 0.909. The van der Waals surface area contributed by atoms with Crippen LogP contribution in [-0.4, -0.2) is 30.7 Å². The molecular weight excluding hydrogens is 192 g/mol. The average Bonchev–Trinajstić information content (AvgIpc) is 2.18. The number of esters is 1. The molecule has 3 unspecified atom stereocenters. The molecule has 4 nitrogen and oxygen atoms in total. The minimum absolute atomic E-state index is 0.170. The number of nitrogens with two attached hydrogens (primary N) is 1. The minimum Gasteiger partial charge on any atom is -0.465 e. The smallest absolute Gasteiger partial charge is 0.322 e. The number of carbonyl (C=O) groups excluding carboxylic acids is 1. The van der Waals surface area contributed by atoms with Crippen LogP contribution in [0.3, 0.4) is 0 Å². The van der Waals surface area contributed by atoms with Gasteiger partial charge in [-0.05, 0) is 33.1 Å². The fourth-order valence-electron chi connectivity index (χ4n) is 2.07. The molecule has 1 fully saturated rings. The standard InChI is InChI=1S/C11H22N2O2/c1-3-15-11(14)8(2)13-10-6-4-5-9(12)7-10/h8-10,13H,3-7,12H2,1-2H3. The van der Waals surface area contributed by atoms with E-state index in [0.29, 0.717) is 12.6 Å². The van der Waals surface area contributed by atoms with Crippen molar-refractivity contribution in [2.75, 3.05) is 6.61 Å². The van der Waals surface area contributed by atoms with Crippen LogP contribution in [-0.2, 0) is 9.53 Å². The second-order valence-electron chi connectivity index (χ2n) is 4.26. The predicted octanol–water partition coefficient (Wildman–Crippen LogP) is 0.797. The maximum atomic E-state index is 11.4. The van der Waals surface area contributed by atoms with E-state index in [-0.39, 0.29) is 18.1 Å². The zero-order valence-corrected chi connectivity index (χ0v) is 9.66. The second-order valence-corrected chi connectivity index (χ2v) is 4.26. The summed E-state index contributed by atoms with van der Waals surface area (Å²) in [5.41, 5.74) is 5.88. The van der Waals surface area contributed by atoms with E-state index in [2.05, 4.69) is 5.32 Å². The fourth-order valence-corrected chi connectivity index (χ4v) is 2.07. The first kappa shape index (κ1) is 12.5. The Morgan fingerprint density at radius 2 is 2.33 bits per heavy atom. The number of nitrogens with one attached hydrogen (secondary N) is 1. The van der Waals surface area contributed by atoms with E-state index in [1.807, 2.05) is 13.8 Å². The van der Waals surface area contributed by atoms with E-state index < -0.39 is 0 Å². The van der Waals surface area contributed by atoms with Crippen LogP contribution in [0, 0.1) is 0 Å². The largest absolute Gasteiger partial charge is 0.465 e. The highest BCUT2D eigenvalue weighted by Crippen LogP contribution is 2.17. The third-order valence-electron chi connectivity index (χ3n) is 2.84. The second kappa shape index (κ2) is 6.08. The van der Waals surface area contributed by atoms with Gasteiger partial charge in [-0.1, -0.05) is 6.42 Å². The average molecular weight is 214 g/mol. The summed E-state index contributed by atoms with van der Waals surface area (Å²) in [5, 5.41) is 3.28. The van der Waals surface area contributed by atoms with E-state index in [9.17, 15) is 4.79 Å². The van der Waals surface area contributed by atoms with Gasteiger partial charge in [0.15, 0.2) is 0 Å². The number of hydrogen-bond acceptors (Lipinski definition) is 4. The molecule has 1 rings (SSSR count). The van der Waals surface area contributed by atoms with E-state index in [0.717, 1.165) is 25.7 Å². The van der Waals surface area contributed by atoms with Crippen molar-refractivity contribution in [2.45, 2.75) is 57.7 Å². The molecule has 0 bridgehead atoms. The van der Waals surface area contributed by atoms with Crippen molar-refractivity contribution in [1.29, 1.82) is 0 Å². The van der Waals surface area contributed by atoms with Crippen molar-refractivity contribution in [1.82, 2.24) is 5.32 Å². The summed E-state index contributed by atoms with van der Waals surface area (Å²) in [7, 11) is 0. The van der Waals surface area contributed by atoms with Gasteiger partial charge in [0.05, 0.1) is 6.61 Å². The highest BCUT2D eigenvalue weighted by Gasteiger charge is 2.23. The number of hydrogen-bond donors (Lipinski definition) is 2. The van der Waals surface area contributed by atoms with Crippen molar-refractivity contribution in [2.24, 2.45) is 5.73 Å². The lowest BCUT2D eigenvalue weighted by Gasteiger charge is -2.29. The molecule has 0 aromatic rings. The third-order valence-corrected chi connectivity index (χ3v) is 2.84. The Labute approximate surface area is 91.5 Å². The molecule has 15 heavy (non-hydrogen) atoms. The third kappa shape index (κ3) is 4.18. The summed E-state index contributed by atoms with van der Waals surface area (Å²) in [6.45, 7) is 4.11. The van der Waals surface area contributed by atoms with Gasteiger partial charge >= 0.3 is 5.97 Å². The molecule has 0 aromatic carbocycles. The van der Waals surface area contributed by atoms with Gasteiger partial charge in [0.1, 0.15) is 6.04 Å². The predicted molar refractivity (Wildman–Crippen MR) is 59.5 cm³/mol. The van der Waals surface area contributed by atoms with Crippen LogP contribution in [0.25, 0.3) is 0 Å². The molecule has 1 aliphatic carbocycles. The van der Waals surface area contributed by atoms with Gasteiger partial charge in [-0.3, -0.25) is 4.79 Å². The molecule has 0 radical (unpaired) electrons. The van der Waals surface area contributed by atoms with Gasteiger partial charge in [0.25, 0.3) is 0 Å². The molecule has 0 amide bonds. The molecule has 0 heterocycles. The van der Waals surface area contributed by atoms with Crippen LogP contribution in [0.4, 0.5) is 0 Å². The van der Waals surface area contributed by atoms with Gasteiger partial charge in [-0.25, -0.2) is 0 Å². The Hall–Kier alpha value is -0.610. The number of rotatable bonds is 4. The highest BCUT2D eigenvalue weighted by molar-refractivity contribution is 5.75. The van der Waals surface area contributed by atoms with Crippen LogP contribution in [0.5, 0.6) is 0 Å². The highest BCUT2D eigenvalue weighted by atomic mass is 16.5. The van der Waals surface area contributed by atoms with Gasteiger partial charge in [0.2, 0.25) is 0 Å². The topological polar surface area (TPSA) is 64.3 Å². The number of ether oxygens (including phenoxy) is 1. The first-order chi connectivity index (χ1) is 7.13. The molecule has 0 aliphatic heterocycles. The lowest BCUT2D eigenvalue weighted by Crippen LogP contribution is -2.46. The summed E-state index contributed by atoms with van der Waals surface area (Å²) < 4.78 is 4.94. The van der Waals surface area contributed by atoms with Crippen LogP contribution >= 0.6 is 0 Å². The SMILES string of the molecule is CCOC(=O)C(C)NC1CCCC(N)C1. The van der Waals surface area contributed by atoms with E-state index in [4.69, 9.17) is 10.5 Å². The van der Waals surface area contributed by atoms with E-state index in [1.165, 1.54) is 0 Å². The van der Waals surface area contributed by atoms with Gasteiger partial charge in [0, 0.05) is 12.1 Å². The van der Waals surface area contributed by atoms with E-state index >= 15 is 0 Å².